The Labute approximate surface area is 184 Å². The van der Waals surface area contributed by atoms with Crippen LogP contribution in [0, 0.1) is 12.8 Å². The molecular formula is C22H26N4O2S2. The molecule has 8 heteroatoms. The van der Waals surface area contributed by atoms with E-state index < -0.39 is 0 Å². The van der Waals surface area contributed by atoms with Gasteiger partial charge in [-0.25, -0.2) is 0 Å². The molecule has 0 spiro atoms. The van der Waals surface area contributed by atoms with Gasteiger partial charge in [0.05, 0.1) is 6.04 Å². The predicted molar refractivity (Wildman–Crippen MR) is 122 cm³/mol. The van der Waals surface area contributed by atoms with E-state index in [1.807, 2.05) is 42.6 Å². The zero-order valence-corrected chi connectivity index (χ0v) is 19.0. The van der Waals surface area contributed by atoms with Crippen LogP contribution in [0.4, 0.5) is 5.69 Å². The monoisotopic (exact) mass is 442 g/mol. The summed E-state index contributed by atoms with van der Waals surface area (Å²) >= 11 is 2.93. The minimum Gasteiger partial charge on any atom is -0.348 e. The highest BCUT2D eigenvalue weighted by Gasteiger charge is 2.19. The fourth-order valence-corrected chi connectivity index (χ4v) is 4.67. The fraction of sp³-hybridized carbons (Fsp3) is 0.364. The standard InChI is InChI=1S/C22H26N4O2S2/c1-14(2)20(17-6-5-13-29-17)24-18(27)7-4-8-19-25-26-22(30-19)21(28)23-16-11-9-15(3)10-12-16/h5-6,9-14,20H,4,7-8H2,1-3H3,(H,23,28)(H,24,27). The van der Waals surface area contributed by atoms with Gasteiger partial charge in [-0.3, -0.25) is 9.59 Å². The van der Waals surface area contributed by atoms with E-state index in [4.69, 9.17) is 0 Å². The van der Waals surface area contributed by atoms with Crippen LogP contribution in [0.25, 0.3) is 0 Å². The average molecular weight is 443 g/mol. The van der Waals surface area contributed by atoms with E-state index in [1.165, 1.54) is 16.2 Å². The second kappa shape index (κ2) is 10.4. The number of carbonyl (C=O) groups excluding carboxylic acids is 2. The van der Waals surface area contributed by atoms with E-state index in [1.54, 1.807) is 11.3 Å². The van der Waals surface area contributed by atoms with Crippen molar-refractivity contribution in [2.45, 2.75) is 46.1 Å². The number of nitrogens with zero attached hydrogens (tertiary/aromatic N) is 2. The Balaban J connectivity index is 1.46. The number of anilines is 1. The number of hydrogen-bond acceptors (Lipinski definition) is 6. The molecule has 0 saturated carbocycles. The summed E-state index contributed by atoms with van der Waals surface area (Å²) in [5, 5.41) is 17.2. The zero-order valence-electron chi connectivity index (χ0n) is 17.3. The summed E-state index contributed by atoms with van der Waals surface area (Å²) < 4.78 is 0. The third kappa shape index (κ3) is 6.21. The van der Waals surface area contributed by atoms with Crippen molar-refractivity contribution < 1.29 is 9.59 Å². The maximum absolute atomic E-state index is 12.4. The molecule has 0 fully saturated rings. The second-order valence-electron chi connectivity index (χ2n) is 7.48. The van der Waals surface area contributed by atoms with Crippen LogP contribution >= 0.6 is 22.7 Å². The molecule has 0 aliphatic rings. The lowest BCUT2D eigenvalue weighted by Crippen LogP contribution is -2.31. The fourth-order valence-electron chi connectivity index (χ4n) is 2.95. The van der Waals surface area contributed by atoms with Gasteiger partial charge in [0.1, 0.15) is 5.01 Å². The highest BCUT2D eigenvalue weighted by Crippen LogP contribution is 2.26. The number of aromatic nitrogens is 2. The van der Waals surface area contributed by atoms with Gasteiger partial charge in [0, 0.05) is 23.4 Å². The van der Waals surface area contributed by atoms with Crippen LogP contribution in [0.3, 0.4) is 0 Å². The molecule has 3 aromatic rings. The van der Waals surface area contributed by atoms with Gasteiger partial charge in [0.25, 0.3) is 5.91 Å². The van der Waals surface area contributed by atoms with Gasteiger partial charge in [-0.05, 0) is 42.8 Å². The number of rotatable bonds is 9. The zero-order chi connectivity index (χ0) is 21.5. The Hall–Kier alpha value is -2.58. The van der Waals surface area contributed by atoms with E-state index >= 15 is 0 Å². The molecule has 158 valence electrons. The molecule has 6 nitrogen and oxygen atoms in total. The van der Waals surface area contributed by atoms with E-state index in [2.05, 4.69) is 40.7 Å². The van der Waals surface area contributed by atoms with E-state index in [9.17, 15) is 9.59 Å². The molecule has 2 heterocycles. The Kier molecular flexibility index (Phi) is 7.70. The topological polar surface area (TPSA) is 84.0 Å². The summed E-state index contributed by atoms with van der Waals surface area (Å²) in [4.78, 5) is 25.9. The molecular weight excluding hydrogens is 416 g/mol. The lowest BCUT2D eigenvalue weighted by molar-refractivity contribution is -0.122. The maximum atomic E-state index is 12.4. The molecule has 1 unspecified atom stereocenters. The van der Waals surface area contributed by atoms with Gasteiger partial charge < -0.3 is 10.6 Å². The van der Waals surface area contributed by atoms with Crippen LogP contribution in [0.1, 0.15) is 58.0 Å². The number of thiophene rings is 1. The van der Waals surface area contributed by atoms with Crippen LogP contribution in [-0.2, 0) is 11.2 Å². The molecule has 0 aliphatic carbocycles. The summed E-state index contributed by atoms with van der Waals surface area (Å²) in [5.41, 5.74) is 1.86. The second-order valence-corrected chi connectivity index (χ2v) is 9.52. The van der Waals surface area contributed by atoms with Gasteiger partial charge in [0.15, 0.2) is 0 Å². The smallest absolute Gasteiger partial charge is 0.286 e. The van der Waals surface area contributed by atoms with Crippen molar-refractivity contribution in [3.8, 4) is 0 Å². The number of nitrogens with one attached hydrogen (secondary N) is 2. The summed E-state index contributed by atoms with van der Waals surface area (Å²) in [7, 11) is 0. The first-order valence-corrected chi connectivity index (χ1v) is 11.6. The van der Waals surface area contributed by atoms with Gasteiger partial charge in [-0.2, -0.15) is 0 Å². The summed E-state index contributed by atoms with van der Waals surface area (Å²) in [6, 6.07) is 11.7. The normalized spacial score (nSPS) is 12.0. The molecule has 1 atom stereocenters. The summed E-state index contributed by atoms with van der Waals surface area (Å²) in [6.45, 7) is 6.21. The van der Waals surface area contributed by atoms with Crippen molar-refractivity contribution in [1.29, 1.82) is 0 Å². The average Bonchev–Trinajstić information content (AvgIpc) is 3.40. The first kappa shape index (κ1) is 22.1. The van der Waals surface area contributed by atoms with Crippen molar-refractivity contribution in [3.05, 3.63) is 62.2 Å². The molecule has 30 heavy (non-hydrogen) atoms. The molecule has 2 amide bonds. The van der Waals surface area contributed by atoms with Crippen molar-refractivity contribution in [1.82, 2.24) is 15.5 Å². The number of amides is 2. The first-order chi connectivity index (χ1) is 14.4. The van der Waals surface area contributed by atoms with Gasteiger partial charge in [-0.1, -0.05) is 48.9 Å². The summed E-state index contributed by atoms with van der Waals surface area (Å²) in [5.74, 6) is 0.0883. The van der Waals surface area contributed by atoms with E-state index in [0.29, 0.717) is 30.2 Å². The first-order valence-electron chi connectivity index (χ1n) is 9.95. The van der Waals surface area contributed by atoms with Crippen LogP contribution in [0.15, 0.2) is 41.8 Å². The Morgan fingerprint density at radius 2 is 1.87 bits per heavy atom. The SMILES string of the molecule is Cc1ccc(NC(=O)c2nnc(CCCC(=O)NC(c3cccs3)C(C)C)s2)cc1. The number of aryl methyl sites for hydroxylation is 2. The molecule has 0 saturated heterocycles. The van der Waals surface area contributed by atoms with Crippen molar-refractivity contribution in [3.63, 3.8) is 0 Å². The maximum Gasteiger partial charge on any atom is 0.286 e. The number of hydrogen-bond donors (Lipinski definition) is 2. The number of benzene rings is 1. The van der Waals surface area contributed by atoms with Crippen LogP contribution < -0.4 is 10.6 Å². The van der Waals surface area contributed by atoms with E-state index in [-0.39, 0.29) is 17.9 Å². The highest BCUT2D eigenvalue weighted by molar-refractivity contribution is 7.13. The Bertz CT molecular complexity index is 965. The molecule has 0 bridgehead atoms. The van der Waals surface area contributed by atoms with E-state index in [0.717, 1.165) is 16.3 Å². The molecule has 0 radical (unpaired) electrons. The van der Waals surface area contributed by atoms with Crippen LogP contribution in [0.5, 0.6) is 0 Å². The van der Waals surface area contributed by atoms with Gasteiger partial charge in [-0.15, -0.1) is 21.5 Å². The Morgan fingerprint density at radius 1 is 1.10 bits per heavy atom. The lowest BCUT2D eigenvalue weighted by atomic mass is 10.0. The largest absolute Gasteiger partial charge is 0.348 e. The molecule has 2 N–H and O–H groups in total. The Morgan fingerprint density at radius 3 is 2.53 bits per heavy atom. The van der Waals surface area contributed by atoms with Crippen molar-refractivity contribution in [2.75, 3.05) is 5.32 Å². The minimum atomic E-state index is -0.268. The highest BCUT2D eigenvalue weighted by atomic mass is 32.1. The number of carbonyl (C=O) groups is 2. The minimum absolute atomic E-state index is 0.0314. The molecule has 0 aliphatic heterocycles. The van der Waals surface area contributed by atoms with Gasteiger partial charge in [0.2, 0.25) is 10.9 Å². The van der Waals surface area contributed by atoms with Crippen LogP contribution in [-0.4, -0.2) is 22.0 Å². The molecule has 3 rings (SSSR count). The lowest BCUT2D eigenvalue weighted by Gasteiger charge is -2.21. The van der Waals surface area contributed by atoms with Crippen molar-refractivity contribution in [2.24, 2.45) is 5.92 Å². The summed E-state index contributed by atoms with van der Waals surface area (Å²) in [6.07, 6.45) is 1.70. The third-order valence-corrected chi connectivity index (χ3v) is 6.54. The van der Waals surface area contributed by atoms with Crippen molar-refractivity contribution >= 4 is 40.2 Å². The molecule has 1 aromatic carbocycles. The third-order valence-electron chi connectivity index (χ3n) is 4.60. The molecule has 2 aromatic heterocycles. The van der Waals surface area contributed by atoms with Gasteiger partial charge >= 0.3 is 0 Å². The quantitative estimate of drug-likeness (QED) is 0.489. The predicted octanol–water partition coefficient (Wildman–Crippen LogP) is 5.00. The van der Waals surface area contributed by atoms with Crippen LogP contribution in [0.2, 0.25) is 0 Å².